The van der Waals surface area contributed by atoms with Crippen LogP contribution in [0.3, 0.4) is 0 Å². The summed E-state index contributed by atoms with van der Waals surface area (Å²) in [6.45, 7) is 2.29. The van der Waals surface area contributed by atoms with Gasteiger partial charge < -0.3 is 15.5 Å². The van der Waals surface area contributed by atoms with Crippen LogP contribution in [-0.4, -0.2) is 36.7 Å². The highest BCUT2D eigenvalue weighted by Crippen LogP contribution is 2.23. The zero-order valence-corrected chi connectivity index (χ0v) is 14.2. The summed E-state index contributed by atoms with van der Waals surface area (Å²) in [6.07, 6.45) is 3.42. The number of benzene rings is 1. The molecule has 5 nitrogen and oxygen atoms in total. The first kappa shape index (κ1) is 16.6. The number of pyridine rings is 1. The molecule has 0 saturated carbocycles. The molecule has 1 fully saturated rings. The van der Waals surface area contributed by atoms with E-state index < -0.39 is 0 Å². The molecule has 2 amide bonds. The highest BCUT2D eigenvalue weighted by Gasteiger charge is 2.24. The number of carbonyl (C=O) groups excluding carboxylic acids is 1. The van der Waals surface area contributed by atoms with Crippen molar-refractivity contribution < 1.29 is 4.79 Å². The fourth-order valence-corrected chi connectivity index (χ4v) is 3.06. The van der Waals surface area contributed by atoms with Crippen molar-refractivity contribution in [3.05, 3.63) is 59.4 Å². The molecule has 2 N–H and O–H groups in total. The van der Waals surface area contributed by atoms with Crippen molar-refractivity contribution >= 4 is 23.3 Å². The maximum absolute atomic E-state index is 12.0. The van der Waals surface area contributed by atoms with Crippen LogP contribution in [0.25, 0.3) is 0 Å². The summed E-state index contributed by atoms with van der Waals surface area (Å²) in [5, 5.41) is 6.66. The quantitative estimate of drug-likeness (QED) is 0.877. The Labute approximate surface area is 147 Å². The minimum absolute atomic E-state index is 0.121. The van der Waals surface area contributed by atoms with Crippen molar-refractivity contribution in [2.75, 3.05) is 24.5 Å². The molecule has 0 bridgehead atoms. The summed E-state index contributed by atoms with van der Waals surface area (Å²) in [5.74, 6) is 0. The number of carbonyl (C=O) groups is 1. The van der Waals surface area contributed by atoms with E-state index in [0.717, 1.165) is 42.3 Å². The van der Waals surface area contributed by atoms with Crippen LogP contribution in [0.1, 0.15) is 12.1 Å². The van der Waals surface area contributed by atoms with Crippen molar-refractivity contribution in [2.45, 2.75) is 18.9 Å². The van der Waals surface area contributed by atoms with Crippen molar-refractivity contribution in [3.63, 3.8) is 0 Å². The standard InChI is InChI=1S/C18H21ClN4O/c19-14-4-3-6-17(12-14)23-11-8-16(13-23)22-18(24)21-10-7-15-5-1-2-9-20-15/h1-6,9,12,16H,7-8,10-11,13H2,(H2,21,22,24)/t16-/m0/s1. The van der Waals surface area contributed by atoms with E-state index in [1.165, 1.54) is 0 Å². The van der Waals surface area contributed by atoms with E-state index in [1.54, 1.807) is 6.20 Å². The molecule has 2 aromatic rings. The van der Waals surface area contributed by atoms with Crippen LogP contribution in [0.4, 0.5) is 10.5 Å². The Morgan fingerprint density at radius 1 is 1.29 bits per heavy atom. The first-order valence-corrected chi connectivity index (χ1v) is 8.53. The van der Waals surface area contributed by atoms with Crippen LogP contribution >= 0.6 is 11.6 Å². The number of halogens is 1. The average molecular weight is 345 g/mol. The third-order valence-corrected chi connectivity index (χ3v) is 4.32. The molecule has 0 unspecified atom stereocenters. The van der Waals surface area contributed by atoms with Gasteiger partial charge in [0.2, 0.25) is 0 Å². The molecule has 0 aliphatic carbocycles. The van der Waals surface area contributed by atoms with Gasteiger partial charge in [-0.15, -0.1) is 0 Å². The molecular weight excluding hydrogens is 324 g/mol. The van der Waals surface area contributed by atoms with Gasteiger partial charge in [0, 0.05) is 54.7 Å². The number of rotatable bonds is 5. The number of aromatic nitrogens is 1. The van der Waals surface area contributed by atoms with Crippen molar-refractivity contribution in [1.29, 1.82) is 0 Å². The molecule has 1 aromatic carbocycles. The van der Waals surface area contributed by atoms with Gasteiger partial charge in [-0.2, -0.15) is 0 Å². The van der Waals surface area contributed by atoms with Crippen LogP contribution in [-0.2, 0) is 6.42 Å². The van der Waals surface area contributed by atoms with Crippen LogP contribution in [0.15, 0.2) is 48.7 Å². The maximum Gasteiger partial charge on any atom is 0.315 e. The maximum atomic E-state index is 12.0. The van der Waals surface area contributed by atoms with E-state index in [0.29, 0.717) is 6.54 Å². The van der Waals surface area contributed by atoms with E-state index in [-0.39, 0.29) is 12.1 Å². The molecular formula is C18H21ClN4O. The second kappa shape index (κ2) is 8.02. The molecule has 3 rings (SSSR count). The van der Waals surface area contributed by atoms with Gasteiger partial charge in [0.05, 0.1) is 0 Å². The number of hydrogen-bond acceptors (Lipinski definition) is 3. The molecule has 0 radical (unpaired) electrons. The minimum Gasteiger partial charge on any atom is -0.369 e. The van der Waals surface area contributed by atoms with Crippen LogP contribution in [0, 0.1) is 0 Å². The third kappa shape index (κ3) is 4.61. The van der Waals surface area contributed by atoms with Crippen molar-refractivity contribution in [3.8, 4) is 0 Å². The van der Waals surface area contributed by atoms with Gasteiger partial charge in [-0.1, -0.05) is 23.7 Å². The topological polar surface area (TPSA) is 57.3 Å². The smallest absolute Gasteiger partial charge is 0.315 e. The first-order chi connectivity index (χ1) is 11.7. The van der Waals surface area contributed by atoms with E-state index in [2.05, 4.69) is 20.5 Å². The Morgan fingerprint density at radius 2 is 2.21 bits per heavy atom. The molecule has 1 aromatic heterocycles. The zero-order chi connectivity index (χ0) is 16.8. The monoisotopic (exact) mass is 344 g/mol. The lowest BCUT2D eigenvalue weighted by molar-refractivity contribution is 0.238. The van der Waals surface area contributed by atoms with Crippen LogP contribution in [0.5, 0.6) is 0 Å². The van der Waals surface area contributed by atoms with Gasteiger partial charge in [-0.3, -0.25) is 4.98 Å². The van der Waals surface area contributed by atoms with Gasteiger partial charge in [-0.05, 0) is 36.8 Å². The minimum atomic E-state index is -0.121. The Hall–Kier alpha value is -2.27. The summed E-state index contributed by atoms with van der Waals surface area (Å²) < 4.78 is 0. The summed E-state index contributed by atoms with van der Waals surface area (Å²) >= 11 is 6.04. The molecule has 1 atom stereocenters. The van der Waals surface area contributed by atoms with Gasteiger partial charge in [-0.25, -0.2) is 4.79 Å². The average Bonchev–Trinajstić information content (AvgIpc) is 3.04. The normalized spacial score (nSPS) is 16.9. The molecule has 24 heavy (non-hydrogen) atoms. The van der Waals surface area contributed by atoms with Crippen LogP contribution in [0.2, 0.25) is 5.02 Å². The SMILES string of the molecule is O=C(NCCc1ccccn1)N[C@H]1CCN(c2cccc(Cl)c2)C1. The predicted molar refractivity (Wildman–Crippen MR) is 96.5 cm³/mol. The number of nitrogens with zero attached hydrogens (tertiary/aromatic N) is 2. The Morgan fingerprint density at radius 3 is 3.00 bits per heavy atom. The van der Waals surface area contributed by atoms with E-state index in [4.69, 9.17) is 11.6 Å². The molecule has 1 aliphatic rings. The molecule has 0 spiro atoms. The number of anilines is 1. The summed E-state index contributed by atoms with van der Waals surface area (Å²) in [4.78, 5) is 18.5. The molecule has 2 heterocycles. The second-order valence-electron chi connectivity index (χ2n) is 5.88. The first-order valence-electron chi connectivity index (χ1n) is 8.15. The largest absolute Gasteiger partial charge is 0.369 e. The van der Waals surface area contributed by atoms with Crippen molar-refractivity contribution in [1.82, 2.24) is 15.6 Å². The molecule has 6 heteroatoms. The van der Waals surface area contributed by atoms with E-state index in [9.17, 15) is 4.79 Å². The summed E-state index contributed by atoms with van der Waals surface area (Å²) in [5.41, 5.74) is 2.08. The van der Waals surface area contributed by atoms with Crippen molar-refractivity contribution in [2.24, 2.45) is 0 Å². The summed E-state index contributed by atoms with van der Waals surface area (Å²) in [7, 11) is 0. The number of hydrogen-bond donors (Lipinski definition) is 2. The van der Waals surface area contributed by atoms with E-state index in [1.807, 2.05) is 42.5 Å². The van der Waals surface area contributed by atoms with Gasteiger partial charge in [0.15, 0.2) is 0 Å². The lowest BCUT2D eigenvalue weighted by Gasteiger charge is -2.19. The number of urea groups is 1. The Balaban J connectivity index is 1.41. The second-order valence-corrected chi connectivity index (χ2v) is 6.32. The van der Waals surface area contributed by atoms with Gasteiger partial charge in [0.1, 0.15) is 0 Å². The van der Waals surface area contributed by atoms with Crippen LogP contribution < -0.4 is 15.5 Å². The Bertz CT molecular complexity index is 680. The lowest BCUT2D eigenvalue weighted by Crippen LogP contribution is -2.44. The fourth-order valence-electron chi connectivity index (χ4n) is 2.87. The highest BCUT2D eigenvalue weighted by molar-refractivity contribution is 6.30. The van der Waals surface area contributed by atoms with E-state index >= 15 is 0 Å². The number of amides is 2. The highest BCUT2D eigenvalue weighted by atomic mass is 35.5. The Kier molecular flexibility index (Phi) is 5.54. The molecule has 1 aliphatic heterocycles. The lowest BCUT2D eigenvalue weighted by atomic mass is 10.2. The van der Waals surface area contributed by atoms with Gasteiger partial charge >= 0.3 is 6.03 Å². The molecule has 126 valence electrons. The number of nitrogens with one attached hydrogen (secondary N) is 2. The van der Waals surface area contributed by atoms with Gasteiger partial charge in [0.25, 0.3) is 0 Å². The summed E-state index contributed by atoms with van der Waals surface area (Å²) in [6, 6.07) is 13.6. The third-order valence-electron chi connectivity index (χ3n) is 4.09. The molecule has 1 saturated heterocycles. The fraction of sp³-hybridized carbons (Fsp3) is 0.333. The predicted octanol–water partition coefficient (Wildman–Crippen LogP) is 2.86. The zero-order valence-electron chi connectivity index (χ0n) is 13.4.